The second-order valence-electron chi connectivity index (χ2n) is 6.48. The Hall–Kier alpha value is -3.19. The lowest BCUT2D eigenvalue weighted by molar-refractivity contribution is -0.116. The maximum absolute atomic E-state index is 12.6. The van der Waals surface area contributed by atoms with Gasteiger partial charge < -0.3 is 15.0 Å². The van der Waals surface area contributed by atoms with Gasteiger partial charge in [-0.25, -0.2) is 4.98 Å². The minimum absolute atomic E-state index is 0.0315. The Bertz CT molecular complexity index is 1040. The molecular weight excluding hydrogens is 374 g/mol. The van der Waals surface area contributed by atoms with Gasteiger partial charge in [0, 0.05) is 35.8 Å². The lowest BCUT2D eigenvalue weighted by atomic mass is 10.1. The van der Waals surface area contributed by atoms with Crippen LogP contribution in [0.5, 0.6) is 5.75 Å². The summed E-state index contributed by atoms with van der Waals surface area (Å²) in [5.41, 5.74) is 3.99. The van der Waals surface area contributed by atoms with Crippen molar-refractivity contribution in [2.24, 2.45) is 0 Å². The van der Waals surface area contributed by atoms with E-state index in [0.29, 0.717) is 17.9 Å². The zero-order chi connectivity index (χ0) is 19.7. The third-order valence-corrected chi connectivity index (χ3v) is 5.58. The molecule has 1 aliphatic rings. The average Bonchev–Trinajstić information content (AvgIpc) is 3.35. The van der Waals surface area contributed by atoms with E-state index in [9.17, 15) is 9.59 Å². The predicted molar refractivity (Wildman–Crippen MR) is 110 cm³/mol. The Morgan fingerprint density at radius 1 is 1.18 bits per heavy atom. The van der Waals surface area contributed by atoms with Crippen molar-refractivity contribution in [2.45, 2.75) is 13.3 Å². The molecule has 142 valence electrons. The third kappa shape index (κ3) is 3.48. The summed E-state index contributed by atoms with van der Waals surface area (Å²) in [7, 11) is 1.62. The first kappa shape index (κ1) is 18.2. The van der Waals surface area contributed by atoms with Gasteiger partial charge in [-0.15, -0.1) is 11.3 Å². The highest BCUT2D eigenvalue weighted by Crippen LogP contribution is 2.31. The Kier molecular flexibility index (Phi) is 4.83. The molecule has 4 rings (SSSR count). The number of nitrogens with zero attached hydrogens (tertiary/aromatic N) is 2. The van der Waals surface area contributed by atoms with Crippen LogP contribution >= 0.6 is 11.3 Å². The summed E-state index contributed by atoms with van der Waals surface area (Å²) in [6.07, 6.45) is 0.789. The maximum atomic E-state index is 12.6. The van der Waals surface area contributed by atoms with Crippen LogP contribution in [0.4, 0.5) is 11.4 Å². The summed E-state index contributed by atoms with van der Waals surface area (Å²) in [6.45, 7) is 2.24. The Morgan fingerprint density at radius 3 is 2.68 bits per heavy atom. The molecule has 1 aromatic heterocycles. The molecule has 0 radical (unpaired) electrons. The van der Waals surface area contributed by atoms with E-state index in [4.69, 9.17) is 4.74 Å². The van der Waals surface area contributed by atoms with Gasteiger partial charge in [0.2, 0.25) is 5.91 Å². The van der Waals surface area contributed by atoms with Crippen LogP contribution < -0.4 is 15.0 Å². The number of hydrogen-bond acceptors (Lipinski definition) is 5. The van der Waals surface area contributed by atoms with Crippen molar-refractivity contribution in [3.05, 3.63) is 59.1 Å². The Labute approximate surface area is 166 Å². The number of benzene rings is 2. The Balaban J connectivity index is 1.49. The number of anilines is 2. The molecule has 1 aliphatic heterocycles. The van der Waals surface area contributed by atoms with E-state index in [1.54, 1.807) is 24.3 Å². The summed E-state index contributed by atoms with van der Waals surface area (Å²) in [5, 5.41) is 5.42. The van der Waals surface area contributed by atoms with Crippen molar-refractivity contribution in [3.8, 4) is 16.3 Å². The molecule has 6 nitrogen and oxygen atoms in total. The number of fused-ring (bicyclic) bond motifs is 1. The van der Waals surface area contributed by atoms with Gasteiger partial charge in [0.25, 0.3) is 5.91 Å². The number of amides is 2. The first-order valence-electron chi connectivity index (χ1n) is 8.87. The number of methoxy groups -OCH3 is 1. The predicted octanol–water partition coefficient (Wildman–Crippen LogP) is 3.98. The number of hydrogen-bond donors (Lipinski definition) is 1. The van der Waals surface area contributed by atoms with Crippen LogP contribution in [0.2, 0.25) is 0 Å². The van der Waals surface area contributed by atoms with Crippen LogP contribution in [0.15, 0.2) is 47.8 Å². The van der Waals surface area contributed by atoms with Crippen molar-refractivity contribution in [2.75, 3.05) is 23.9 Å². The van der Waals surface area contributed by atoms with Crippen molar-refractivity contribution in [1.29, 1.82) is 0 Å². The number of carbonyl (C=O) groups is 2. The maximum Gasteiger partial charge on any atom is 0.275 e. The minimum Gasteiger partial charge on any atom is -0.497 e. The van der Waals surface area contributed by atoms with Crippen LogP contribution in [0.25, 0.3) is 10.6 Å². The summed E-state index contributed by atoms with van der Waals surface area (Å²) in [4.78, 5) is 30.4. The van der Waals surface area contributed by atoms with Gasteiger partial charge in [-0.2, -0.15) is 0 Å². The fourth-order valence-electron chi connectivity index (χ4n) is 3.25. The molecule has 1 N–H and O–H groups in total. The average molecular weight is 393 g/mol. The standard InChI is InChI=1S/C21H19N3O3S/c1-13(25)24-10-9-15-11-16(5-8-19(15)24)22-20(26)18-12-28-21(23-18)14-3-6-17(27-2)7-4-14/h3-8,11-12H,9-10H2,1-2H3,(H,22,26). The SMILES string of the molecule is COc1ccc(-c2nc(C(=O)Nc3ccc4c(c3)CCN4C(C)=O)cs2)cc1. The summed E-state index contributed by atoms with van der Waals surface area (Å²) in [6, 6.07) is 13.2. The lowest BCUT2D eigenvalue weighted by Crippen LogP contribution is -2.25. The normalized spacial score (nSPS) is 12.6. The highest BCUT2D eigenvalue weighted by molar-refractivity contribution is 7.13. The summed E-state index contributed by atoms with van der Waals surface area (Å²) in [5.74, 6) is 0.555. The van der Waals surface area contributed by atoms with E-state index in [1.807, 2.05) is 42.5 Å². The molecule has 2 amide bonds. The second kappa shape index (κ2) is 7.44. The molecule has 7 heteroatoms. The number of ether oxygens (including phenoxy) is 1. The van der Waals surface area contributed by atoms with Gasteiger partial charge in [-0.05, 0) is 54.4 Å². The second-order valence-corrected chi connectivity index (χ2v) is 7.34. The molecule has 0 saturated heterocycles. The van der Waals surface area contributed by atoms with E-state index in [1.165, 1.54) is 11.3 Å². The number of carbonyl (C=O) groups excluding carboxylic acids is 2. The van der Waals surface area contributed by atoms with Gasteiger partial charge in [-0.1, -0.05) is 0 Å². The van der Waals surface area contributed by atoms with Gasteiger partial charge in [0.05, 0.1) is 7.11 Å². The van der Waals surface area contributed by atoms with Crippen molar-refractivity contribution in [1.82, 2.24) is 4.98 Å². The van der Waals surface area contributed by atoms with Crippen LogP contribution in [0.1, 0.15) is 23.0 Å². The third-order valence-electron chi connectivity index (χ3n) is 4.69. The zero-order valence-corrected chi connectivity index (χ0v) is 16.4. The fourth-order valence-corrected chi connectivity index (χ4v) is 4.05. The number of nitrogens with one attached hydrogen (secondary N) is 1. The molecule has 0 atom stereocenters. The minimum atomic E-state index is -0.252. The fraction of sp³-hybridized carbons (Fsp3) is 0.190. The van der Waals surface area contributed by atoms with Gasteiger partial charge in [0.1, 0.15) is 16.5 Å². The summed E-state index contributed by atoms with van der Waals surface area (Å²) < 4.78 is 5.16. The molecule has 0 bridgehead atoms. The van der Waals surface area contributed by atoms with Crippen LogP contribution in [-0.4, -0.2) is 30.5 Å². The summed E-state index contributed by atoms with van der Waals surface area (Å²) >= 11 is 1.42. The van der Waals surface area contributed by atoms with E-state index >= 15 is 0 Å². The van der Waals surface area contributed by atoms with Gasteiger partial charge in [0.15, 0.2) is 0 Å². The smallest absolute Gasteiger partial charge is 0.275 e. The van der Waals surface area contributed by atoms with E-state index in [0.717, 1.165) is 34.0 Å². The lowest BCUT2D eigenvalue weighted by Gasteiger charge is -2.14. The van der Waals surface area contributed by atoms with Crippen molar-refractivity contribution in [3.63, 3.8) is 0 Å². The van der Waals surface area contributed by atoms with E-state index < -0.39 is 0 Å². The molecule has 0 aliphatic carbocycles. The zero-order valence-electron chi connectivity index (χ0n) is 15.6. The van der Waals surface area contributed by atoms with E-state index in [-0.39, 0.29) is 11.8 Å². The van der Waals surface area contributed by atoms with Crippen molar-refractivity contribution < 1.29 is 14.3 Å². The van der Waals surface area contributed by atoms with Crippen LogP contribution in [0, 0.1) is 0 Å². The molecule has 2 heterocycles. The number of aromatic nitrogens is 1. The quantitative estimate of drug-likeness (QED) is 0.728. The van der Waals surface area contributed by atoms with Gasteiger partial charge >= 0.3 is 0 Å². The molecule has 0 fully saturated rings. The Morgan fingerprint density at radius 2 is 1.96 bits per heavy atom. The van der Waals surface area contributed by atoms with Gasteiger partial charge in [-0.3, -0.25) is 9.59 Å². The molecule has 0 saturated carbocycles. The monoisotopic (exact) mass is 393 g/mol. The first-order chi connectivity index (χ1) is 13.5. The van der Waals surface area contributed by atoms with E-state index in [2.05, 4.69) is 10.3 Å². The molecule has 2 aromatic carbocycles. The first-order valence-corrected chi connectivity index (χ1v) is 9.75. The molecular formula is C21H19N3O3S. The molecule has 0 spiro atoms. The molecule has 3 aromatic rings. The number of rotatable bonds is 4. The number of thiazole rings is 1. The highest BCUT2D eigenvalue weighted by atomic mass is 32.1. The van der Waals surface area contributed by atoms with Crippen molar-refractivity contribution >= 4 is 34.5 Å². The largest absolute Gasteiger partial charge is 0.497 e. The van der Waals surface area contributed by atoms with Crippen LogP contribution in [-0.2, 0) is 11.2 Å². The highest BCUT2D eigenvalue weighted by Gasteiger charge is 2.22. The molecule has 28 heavy (non-hydrogen) atoms. The van der Waals surface area contributed by atoms with Crippen LogP contribution in [0.3, 0.4) is 0 Å². The molecule has 0 unspecified atom stereocenters. The topological polar surface area (TPSA) is 71.5 Å².